The number of carbonyl (C=O) groups is 2. The fourth-order valence-corrected chi connectivity index (χ4v) is 2.66. The van der Waals surface area contributed by atoms with Gasteiger partial charge in [0.05, 0.1) is 17.9 Å². The third-order valence-corrected chi connectivity index (χ3v) is 3.93. The second-order valence-corrected chi connectivity index (χ2v) is 5.79. The van der Waals surface area contributed by atoms with Crippen LogP contribution in [-0.4, -0.2) is 40.7 Å². The zero-order valence-electron chi connectivity index (χ0n) is 13.4. The monoisotopic (exact) mass is 327 g/mol. The number of rotatable bonds is 4. The molecule has 1 aromatic carbocycles. The molecule has 3 rings (SSSR count). The van der Waals surface area contributed by atoms with Gasteiger partial charge in [0.2, 0.25) is 0 Å². The Hall–Kier alpha value is -2.67. The van der Waals surface area contributed by atoms with Crippen molar-refractivity contribution in [3.8, 4) is 5.69 Å². The predicted molar refractivity (Wildman–Crippen MR) is 89.4 cm³/mol. The average molecular weight is 327 g/mol. The van der Waals surface area contributed by atoms with Crippen molar-refractivity contribution in [2.45, 2.75) is 25.4 Å². The maximum absolute atomic E-state index is 11.9. The fourth-order valence-electron chi connectivity index (χ4n) is 2.66. The molecule has 0 aliphatic carbocycles. The first-order chi connectivity index (χ1) is 11.7. The standard InChI is InChI=1S/C17H21N5O2/c23-16(17(24)20-13-5-4-9-18-11-13)19-12-14-8-10-22(21-14)15-6-2-1-3-7-15/h1-3,6-8,10,13,18H,4-5,9,11-12H2,(H,19,23)(H,20,24). The first-order valence-corrected chi connectivity index (χ1v) is 8.12. The Balaban J connectivity index is 1.49. The quantitative estimate of drug-likeness (QED) is 0.708. The molecular weight excluding hydrogens is 306 g/mol. The molecule has 0 spiro atoms. The van der Waals surface area contributed by atoms with Crippen molar-refractivity contribution in [2.75, 3.05) is 13.1 Å². The molecule has 2 aromatic rings. The topological polar surface area (TPSA) is 88.0 Å². The van der Waals surface area contributed by atoms with Crippen LogP contribution in [0.1, 0.15) is 18.5 Å². The molecule has 2 amide bonds. The van der Waals surface area contributed by atoms with E-state index in [4.69, 9.17) is 0 Å². The molecule has 1 saturated heterocycles. The highest BCUT2D eigenvalue weighted by atomic mass is 16.2. The van der Waals surface area contributed by atoms with E-state index in [1.807, 2.05) is 42.6 Å². The number of carbonyl (C=O) groups excluding carboxylic acids is 2. The third kappa shape index (κ3) is 4.20. The van der Waals surface area contributed by atoms with Crippen molar-refractivity contribution in [1.29, 1.82) is 0 Å². The Kier molecular flexibility index (Phi) is 5.22. The van der Waals surface area contributed by atoms with Crippen molar-refractivity contribution < 1.29 is 9.59 Å². The lowest BCUT2D eigenvalue weighted by atomic mass is 10.1. The Morgan fingerprint density at radius 3 is 2.79 bits per heavy atom. The summed E-state index contributed by atoms with van der Waals surface area (Å²) in [7, 11) is 0. The summed E-state index contributed by atoms with van der Waals surface area (Å²) >= 11 is 0. The molecule has 0 bridgehead atoms. The third-order valence-electron chi connectivity index (χ3n) is 3.93. The second kappa shape index (κ2) is 7.74. The van der Waals surface area contributed by atoms with Crippen LogP contribution in [0, 0.1) is 0 Å². The summed E-state index contributed by atoms with van der Waals surface area (Å²) in [6, 6.07) is 11.5. The van der Waals surface area contributed by atoms with Crippen molar-refractivity contribution in [1.82, 2.24) is 25.7 Å². The van der Waals surface area contributed by atoms with E-state index in [1.54, 1.807) is 4.68 Å². The average Bonchev–Trinajstić information content (AvgIpc) is 3.10. The molecule has 1 aromatic heterocycles. The minimum atomic E-state index is -0.630. The molecule has 126 valence electrons. The summed E-state index contributed by atoms with van der Waals surface area (Å²) in [5.74, 6) is -1.22. The molecule has 0 saturated carbocycles. The van der Waals surface area contributed by atoms with Gasteiger partial charge in [-0.05, 0) is 37.6 Å². The van der Waals surface area contributed by atoms with E-state index < -0.39 is 11.8 Å². The fraction of sp³-hybridized carbons (Fsp3) is 0.353. The molecule has 2 heterocycles. The van der Waals surface area contributed by atoms with Gasteiger partial charge in [0.1, 0.15) is 0 Å². The summed E-state index contributed by atoms with van der Waals surface area (Å²) in [4.78, 5) is 23.8. The van der Waals surface area contributed by atoms with Gasteiger partial charge < -0.3 is 16.0 Å². The Morgan fingerprint density at radius 1 is 1.21 bits per heavy atom. The molecule has 3 N–H and O–H groups in total. The van der Waals surface area contributed by atoms with E-state index in [1.165, 1.54) is 0 Å². The Morgan fingerprint density at radius 2 is 2.04 bits per heavy atom. The maximum atomic E-state index is 11.9. The highest BCUT2D eigenvalue weighted by Gasteiger charge is 2.20. The lowest BCUT2D eigenvalue weighted by Gasteiger charge is -2.23. The highest BCUT2D eigenvalue weighted by molar-refractivity contribution is 6.35. The minimum absolute atomic E-state index is 0.0225. The molecular formula is C17H21N5O2. The zero-order chi connectivity index (χ0) is 16.8. The number of piperidine rings is 1. The zero-order valence-corrected chi connectivity index (χ0v) is 13.4. The van der Waals surface area contributed by atoms with Crippen LogP contribution in [0.2, 0.25) is 0 Å². The van der Waals surface area contributed by atoms with Crippen molar-refractivity contribution >= 4 is 11.8 Å². The van der Waals surface area contributed by atoms with Gasteiger partial charge in [-0.1, -0.05) is 18.2 Å². The van der Waals surface area contributed by atoms with E-state index in [2.05, 4.69) is 21.0 Å². The van der Waals surface area contributed by atoms with E-state index in [9.17, 15) is 9.59 Å². The summed E-state index contributed by atoms with van der Waals surface area (Å²) in [5.41, 5.74) is 1.64. The number of nitrogens with zero attached hydrogens (tertiary/aromatic N) is 2. The SMILES string of the molecule is O=C(NCc1ccn(-c2ccccc2)n1)C(=O)NC1CCCNC1. The van der Waals surface area contributed by atoms with Crippen molar-refractivity contribution in [3.05, 3.63) is 48.3 Å². The Labute approximate surface area is 140 Å². The van der Waals surface area contributed by atoms with Crippen LogP contribution in [0.15, 0.2) is 42.6 Å². The van der Waals surface area contributed by atoms with E-state index in [0.29, 0.717) is 12.2 Å². The number of hydrogen-bond acceptors (Lipinski definition) is 4. The number of hydrogen-bond donors (Lipinski definition) is 3. The lowest BCUT2D eigenvalue weighted by molar-refractivity contribution is -0.139. The normalized spacial score (nSPS) is 17.2. The summed E-state index contributed by atoms with van der Waals surface area (Å²) in [5, 5.41) is 12.9. The van der Waals surface area contributed by atoms with Crippen LogP contribution < -0.4 is 16.0 Å². The first-order valence-electron chi connectivity index (χ1n) is 8.12. The van der Waals surface area contributed by atoms with E-state index in [-0.39, 0.29) is 12.6 Å². The maximum Gasteiger partial charge on any atom is 0.309 e. The minimum Gasteiger partial charge on any atom is -0.344 e. The summed E-state index contributed by atoms with van der Waals surface area (Å²) in [6.45, 7) is 1.89. The predicted octanol–water partition coefficient (Wildman–Crippen LogP) is 0.357. The number of nitrogens with one attached hydrogen (secondary N) is 3. The Bertz CT molecular complexity index is 692. The highest BCUT2D eigenvalue weighted by Crippen LogP contribution is 2.06. The summed E-state index contributed by atoms with van der Waals surface area (Å²) < 4.78 is 1.73. The van der Waals surface area contributed by atoms with E-state index >= 15 is 0 Å². The van der Waals surface area contributed by atoms with Gasteiger partial charge in [0.25, 0.3) is 0 Å². The molecule has 1 unspecified atom stereocenters. The van der Waals surface area contributed by atoms with Gasteiger partial charge in [-0.2, -0.15) is 5.10 Å². The van der Waals surface area contributed by atoms with Crippen LogP contribution in [-0.2, 0) is 16.1 Å². The molecule has 1 aliphatic rings. The lowest BCUT2D eigenvalue weighted by Crippen LogP contribution is -2.50. The van der Waals surface area contributed by atoms with Gasteiger partial charge in [0, 0.05) is 18.8 Å². The molecule has 1 aliphatic heterocycles. The molecule has 7 heteroatoms. The number of aromatic nitrogens is 2. The van der Waals surface area contributed by atoms with Crippen LogP contribution in [0.5, 0.6) is 0 Å². The van der Waals surface area contributed by atoms with E-state index in [0.717, 1.165) is 25.1 Å². The van der Waals surface area contributed by atoms with Crippen LogP contribution in [0.25, 0.3) is 5.69 Å². The molecule has 1 fully saturated rings. The van der Waals surface area contributed by atoms with Gasteiger partial charge in [0.15, 0.2) is 0 Å². The first kappa shape index (κ1) is 16.2. The van der Waals surface area contributed by atoms with Gasteiger partial charge in [-0.3, -0.25) is 9.59 Å². The van der Waals surface area contributed by atoms with Crippen LogP contribution >= 0.6 is 0 Å². The number of amides is 2. The van der Waals surface area contributed by atoms with Crippen LogP contribution in [0.3, 0.4) is 0 Å². The number of para-hydroxylation sites is 1. The largest absolute Gasteiger partial charge is 0.344 e. The smallest absolute Gasteiger partial charge is 0.309 e. The molecule has 7 nitrogen and oxygen atoms in total. The van der Waals surface area contributed by atoms with Gasteiger partial charge in [-0.15, -0.1) is 0 Å². The van der Waals surface area contributed by atoms with Gasteiger partial charge >= 0.3 is 11.8 Å². The van der Waals surface area contributed by atoms with Crippen LogP contribution in [0.4, 0.5) is 0 Å². The molecule has 24 heavy (non-hydrogen) atoms. The van der Waals surface area contributed by atoms with Gasteiger partial charge in [-0.25, -0.2) is 4.68 Å². The second-order valence-electron chi connectivity index (χ2n) is 5.79. The van der Waals surface area contributed by atoms with Crippen molar-refractivity contribution in [3.63, 3.8) is 0 Å². The van der Waals surface area contributed by atoms with Crippen molar-refractivity contribution in [2.24, 2.45) is 0 Å². The molecule has 1 atom stereocenters. The molecule has 0 radical (unpaired) electrons. The summed E-state index contributed by atoms with van der Waals surface area (Å²) in [6.07, 6.45) is 3.72. The number of benzene rings is 1.